The number of nitrogens with zero attached hydrogens (tertiary/aromatic N) is 2. The maximum atomic E-state index is 12.6. The summed E-state index contributed by atoms with van der Waals surface area (Å²) in [6.45, 7) is 5.72. The molecule has 4 nitrogen and oxygen atoms in total. The van der Waals surface area contributed by atoms with E-state index in [0.29, 0.717) is 18.0 Å². The van der Waals surface area contributed by atoms with Crippen LogP contribution in [0.2, 0.25) is 0 Å². The molecule has 0 saturated heterocycles. The van der Waals surface area contributed by atoms with Gasteiger partial charge in [-0.15, -0.1) is 0 Å². The smallest absolute Gasteiger partial charge is 0.243 e. The van der Waals surface area contributed by atoms with Gasteiger partial charge in [0.1, 0.15) is 0 Å². The van der Waals surface area contributed by atoms with Crippen LogP contribution in [0.5, 0.6) is 0 Å². The average Bonchev–Trinajstić information content (AvgIpc) is 2.40. The lowest BCUT2D eigenvalue weighted by atomic mass is 10.1. The molecule has 0 aromatic heterocycles. The predicted molar refractivity (Wildman–Crippen MR) is 83.4 cm³/mol. The van der Waals surface area contributed by atoms with Crippen LogP contribution in [0.1, 0.15) is 25.8 Å². The summed E-state index contributed by atoms with van der Waals surface area (Å²) >= 11 is 0. The van der Waals surface area contributed by atoms with Crippen LogP contribution in [0.15, 0.2) is 29.2 Å². The van der Waals surface area contributed by atoms with E-state index in [1.54, 1.807) is 12.1 Å². The molecule has 0 aliphatic rings. The molecule has 0 heterocycles. The largest absolute Gasteiger partial charge is 0.308 e. The third kappa shape index (κ3) is 4.58. The Bertz CT molecular complexity index is 495. The Morgan fingerprint density at radius 3 is 2.05 bits per heavy atom. The van der Waals surface area contributed by atoms with Crippen LogP contribution in [-0.2, 0) is 16.4 Å². The first-order valence-electron chi connectivity index (χ1n) is 7.15. The Morgan fingerprint density at radius 1 is 1.00 bits per heavy atom. The van der Waals surface area contributed by atoms with Crippen LogP contribution in [0.25, 0.3) is 0 Å². The Morgan fingerprint density at radius 2 is 1.60 bits per heavy atom. The van der Waals surface area contributed by atoms with Crippen LogP contribution < -0.4 is 0 Å². The van der Waals surface area contributed by atoms with Gasteiger partial charge in [-0.1, -0.05) is 32.4 Å². The summed E-state index contributed by atoms with van der Waals surface area (Å²) in [5.74, 6) is 0. The van der Waals surface area contributed by atoms with Crippen molar-refractivity contribution in [2.75, 3.05) is 33.7 Å². The number of rotatable bonds is 8. The van der Waals surface area contributed by atoms with Crippen molar-refractivity contribution in [2.24, 2.45) is 0 Å². The highest BCUT2D eigenvalue weighted by atomic mass is 32.2. The standard InChI is InChI=1S/C15H26N2O2S/c1-5-7-14-8-10-15(11-9-14)20(18,19)17(6-2)13-12-16(3)4/h8-11H,5-7,12-13H2,1-4H3. The average molecular weight is 298 g/mol. The molecule has 0 aliphatic heterocycles. The highest BCUT2D eigenvalue weighted by Crippen LogP contribution is 2.17. The van der Waals surface area contributed by atoms with Gasteiger partial charge in [-0.3, -0.25) is 0 Å². The molecule has 114 valence electrons. The number of likely N-dealkylation sites (N-methyl/N-ethyl adjacent to an activating group) is 2. The highest BCUT2D eigenvalue weighted by molar-refractivity contribution is 7.89. The van der Waals surface area contributed by atoms with Gasteiger partial charge in [0, 0.05) is 19.6 Å². The third-order valence-electron chi connectivity index (χ3n) is 3.25. The summed E-state index contributed by atoms with van der Waals surface area (Å²) < 4.78 is 26.6. The van der Waals surface area contributed by atoms with E-state index < -0.39 is 10.0 Å². The summed E-state index contributed by atoms with van der Waals surface area (Å²) in [5.41, 5.74) is 1.18. The van der Waals surface area contributed by atoms with Gasteiger partial charge in [0.25, 0.3) is 0 Å². The Hall–Kier alpha value is -0.910. The van der Waals surface area contributed by atoms with Gasteiger partial charge in [-0.05, 0) is 38.2 Å². The molecular weight excluding hydrogens is 272 g/mol. The van der Waals surface area contributed by atoms with Crippen molar-refractivity contribution >= 4 is 10.0 Å². The molecule has 0 spiro atoms. The lowest BCUT2D eigenvalue weighted by Gasteiger charge is -2.22. The first-order valence-corrected chi connectivity index (χ1v) is 8.59. The molecular formula is C15H26N2O2S. The zero-order valence-corrected chi connectivity index (χ0v) is 13.8. The Kier molecular flexibility index (Phi) is 6.65. The molecule has 0 fully saturated rings. The molecule has 1 aromatic rings. The summed E-state index contributed by atoms with van der Waals surface area (Å²) in [6.07, 6.45) is 2.05. The van der Waals surface area contributed by atoms with Crippen LogP contribution in [0, 0.1) is 0 Å². The third-order valence-corrected chi connectivity index (χ3v) is 5.24. The fourth-order valence-corrected chi connectivity index (χ4v) is 3.47. The SMILES string of the molecule is CCCc1ccc(S(=O)(=O)N(CC)CCN(C)C)cc1. The maximum absolute atomic E-state index is 12.6. The molecule has 0 radical (unpaired) electrons. The lowest BCUT2D eigenvalue weighted by molar-refractivity contribution is 0.340. The Labute approximate surface area is 123 Å². The van der Waals surface area contributed by atoms with E-state index in [1.807, 2.05) is 38.1 Å². The molecule has 0 atom stereocenters. The second-order valence-electron chi connectivity index (χ2n) is 5.19. The van der Waals surface area contributed by atoms with Crippen molar-refractivity contribution < 1.29 is 8.42 Å². The topological polar surface area (TPSA) is 40.6 Å². The Balaban J connectivity index is 2.89. The predicted octanol–water partition coefficient (Wildman–Crippen LogP) is 2.21. The fourth-order valence-electron chi connectivity index (χ4n) is 2.03. The molecule has 0 unspecified atom stereocenters. The molecule has 0 bridgehead atoms. The van der Waals surface area contributed by atoms with Crippen molar-refractivity contribution in [2.45, 2.75) is 31.6 Å². The van der Waals surface area contributed by atoms with Crippen molar-refractivity contribution in [1.82, 2.24) is 9.21 Å². The quantitative estimate of drug-likeness (QED) is 0.739. The minimum Gasteiger partial charge on any atom is -0.308 e. The van der Waals surface area contributed by atoms with Gasteiger partial charge in [-0.2, -0.15) is 4.31 Å². The summed E-state index contributed by atoms with van der Waals surface area (Å²) in [5, 5.41) is 0. The van der Waals surface area contributed by atoms with Crippen molar-refractivity contribution in [3.05, 3.63) is 29.8 Å². The van der Waals surface area contributed by atoms with E-state index in [9.17, 15) is 8.42 Å². The number of sulfonamides is 1. The number of hydrogen-bond acceptors (Lipinski definition) is 3. The molecule has 1 rings (SSSR count). The monoisotopic (exact) mass is 298 g/mol. The molecule has 1 aromatic carbocycles. The maximum Gasteiger partial charge on any atom is 0.243 e. The molecule has 0 aliphatic carbocycles. The summed E-state index contributed by atoms with van der Waals surface area (Å²) in [7, 11) is 0.517. The van der Waals surface area contributed by atoms with Crippen molar-refractivity contribution in [1.29, 1.82) is 0 Å². The van der Waals surface area contributed by atoms with Crippen LogP contribution >= 0.6 is 0 Å². The summed E-state index contributed by atoms with van der Waals surface area (Å²) in [4.78, 5) is 2.38. The number of aryl methyl sites for hydroxylation is 1. The zero-order valence-electron chi connectivity index (χ0n) is 13.0. The molecule has 5 heteroatoms. The van der Waals surface area contributed by atoms with Crippen LogP contribution in [0.4, 0.5) is 0 Å². The molecule has 20 heavy (non-hydrogen) atoms. The molecule has 0 N–H and O–H groups in total. The van der Waals surface area contributed by atoms with Gasteiger partial charge >= 0.3 is 0 Å². The zero-order chi connectivity index (χ0) is 15.2. The van der Waals surface area contributed by atoms with E-state index in [0.717, 1.165) is 19.4 Å². The van der Waals surface area contributed by atoms with Crippen LogP contribution in [-0.4, -0.2) is 51.4 Å². The van der Waals surface area contributed by atoms with Gasteiger partial charge < -0.3 is 4.90 Å². The van der Waals surface area contributed by atoms with E-state index >= 15 is 0 Å². The van der Waals surface area contributed by atoms with E-state index in [1.165, 1.54) is 9.87 Å². The van der Waals surface area contributed by atoms with E-state index in [4.69, 9.17) is 0 Å². The van der Waals surface area contributed by atoms with Crippen molar-refractivity contribution in [3.8, 4) is 0 Å². The minimum absolute atomic E-state index is 0.387. The molecule has 0 saturated carbocycles. The van der Waals surface area contributed by atoms with E-state index in [-0.39, 0.29) is 0 Å². The minimum atomic E-state index is -3.37. The number of hydrogen-bond donors (Lipinski definition) is 0. The normalized spacial score (nSPS) is 12.3. The van der Waals surface area contributed by atoms with Gasteiger partial charge in [-0.25, -0.2) is 8.42 Å². The fraction of sp³-hybridized carbons (Fsp3) is 0.600. The molecule has 0 amide bonds. The van der Waals surface area contributed by atoms with Crippen LogP contribution in [0.3, 0.4) is 0 Å². The second-order valence-corrected chi connectivity index (χ2v) is 7.13. The van der Waals surface area contributed by atoms with Crippen molar-refractivity contribution in [3.63, 3.8) is 0 Å². The summed E-state index contributed by atoms with van der Waals surface area (Å²) in [6, 6.07) is 7.27. The number of benzene rings is 1. The van der Waals surface area contributed by atoms with Gasteiger partial charge in [0.05, 0.1) is 4.90 Å². The highest BCUT2D eigenvalue weighted by Gasteiger charge is 2.22. The van der Waals surface area contributed by atoms with E-state index in [2.05, 4.69) is 6.92 Å². The lowest BCUT2D eigenvalue weighted by Crippen LogP contribution is -2.36. The first kappa shape index (κ1) is 17.1. The van der Waals surface area contributed by atoms with Gasteiger partial charge in [0.2, 0.25) is 10.0 Å². The van der Waals surface area contributed by atoms with Gasteiger partial charge in [0.15, 0.2) is 0 Å². The second kappa shape index (κ2) is 7.76. The first-order chi connectivity index (χ1) is 9.41.